The van der Waals surface area contributed by atoms with Gasteiger partial charge >= 0.3 is 0 Å². The Bertz CT molecular complexity index is 1230. The molecule has 0 spiro atoms. The maximum Gasteiger partial charge on any atom is 0.140 e. The third-order valence-electron chi connectivity index (χ3n) is 4.91. The van der Waals surface area contributed by atoms with E-state index in [2.05, 4.69) is 70.2 Å². The van der Waals surface area contributed by atoms with Crippen molar-refractivity contribution in [1.82, 2.24) is 14.5 Å². The number of hydrogen-bond acceptors (Lipinski definition) is 2. The zero-order chi connectivity index (χ0) is 19.5. The van der Waals surface area contributed by atoms with Crippen LogP contribution < -0.4 is 0 Å². The quantitative estimate of drug-likeness (QED) is 0.386. The highest BCUT2D eigenvalue weighted by Gasteiger charge is 2.13. The second-order valence-corrected chi connectivity index (χ2v) is 6.77. The molecule has 0 radical (unpaired) electrons. The fraction of sp³-hybridized carbons (Fsp3) is 0. The predicted molar refractivity (Wildman–Crippen MR) is 119 cm³/mol. The van der Waals surface area contributed by atoms with Crippen molar-refractivity contribution in [3.05, 3.63) is 126 Å². The largest absolute Gasteiger partial charge is 0.277 e. The minimum atomic E-state index is 0.854. The van der Waals surface area contributed by atoms with Crippen LogP contribution in [-0.4, -0.2) is 14.5 Å². The molecule has 0 aliphatic heterocycles. The van der Waals surface area contributed by atoms with Crippen LogP contribution >= 0.6 is 0 Å². The van der Waals surface area contributed by atoms with Gasteiger partial charge in [0.25, 0.3) is 0 Å². The maximum absolute atomic E-state index is 4.93. The van der Waals surface area contributed by atoms with Gasteiger partial charge in [0.1, 0.15) is 11.6 Å². The highest BCUT2D eigenvalue weighted by molar-refractivity contribution is 5.92. The standard InChI is InChI=1S/C26H19N3/c1-3-11-20(12-4-1)22(21-13-5-2-6-14-21)19-26-28-23-15-7-8-16-24(23)29(26)25-17-9-10-18-27-25/h1-19H. The third kappa shape index (κ3) is 3.34. The molecular weight excluding hydrogens is 354 g/mol. The van der Waals surface area contributed by atoms with E-state index in [1.165, 1.54) is 0 Å². The normalized spacial score (nSPS) is 10.8. The molecule has 2 aromatic heterocycles. The van der Waals surface area contributed by atoms with Crippen LogP contribution in [0.2, 0.25) is 0 Å². The number of hydrogen-bond donors (Lipinski definition) is 0. The van der Waals surface area contributed by atoms with Crippen molar-refractivity contribution in [3.8, 4) is 5.82 Å². The van der Waals surface area contributed by atoms with Gasteiger partial charge in [-0.1, -0.05) is 78.9 Å². The smallest absolute Gasteiger partial charge is 0.140 e. The SMILES string of the molecule is C(=C(c1ccccc1)c1ccccc1)c1nc2ccccc2n1-c1ccccn1. The van der Waals surface area contributed by atoms with E-state index in [1.807, 2.05) is 54.7 Å². The minimum absolute atomic E-state index is 0.854. The first kappa shape index (κ1) is 17.1. The van der Waals surface area contributed by atoms with Crippen molar-refractivity contribution in [2.75, 3.05) is 0 Å². The number of pyridine rings is 1. The Labute approximate surface area is 169 Å². The summed E-state index contributed by atoms with van der Waals surface area (Å²) in [6.45, 7) is 0. The lowest BCUT2D eigenvalue weighted by atomic mass is 9.97. The van der Waals surface area contributed by atoms with Crippen molar-refractivity contribution < 1.29 is 0 Å². The van der Waals surface area contributed by atoms with E-state index in [9.17, 15) is 0 Å². The highest BCUT2D eigenvalue weighted by Crippen LogP contribution is 2.28. The second-order valence-electron chi connectivity index (χ2n) is 6.77. The zero-order valence-corrected chi connectivity index (χ0v) is 15.8. The molecule has 0 amide bonds. The van der Waals surface area contributed by atoms with E-state index < -0.39 is 0 Å². The summed E-state index contributed by atoms with van der Waals surface area (Å²) in [6.07, 6.45) is 3.96. The van der Waals surface area contributed by atoms with E-state index in [0.717, 1.165) is 39.4 Å². The van der Waals surface area contributed by atoms with Crippen molar-refractivity contribution in [1.29, 1.82) is 0 Å². The summed E-state index contributed by atoms with van der Waals surface area (Å²) in [5, 5.41) is 0. The molecule has 5 rings (SSSR count). The molecule has 0 fully saturated rings. The van der Waals surface area contributed by atoms with Gasteiger partial charge in [0.2, 0.25) is 0 Å². The number of benzene rings is 3. The van der Waals surface area contributed by atoms with E-state index in [-0.39, 0.29) is 0 Å². The van der Waals surface area contributed by atoms with Gasteiger partial charge in [0.05, 0.1) is 11.0 Å². The molecule has 0 atom stereocenters. The van der Waals surface area contributed by atoms with Crippen LogP contribution in [0, 0.1) is 0 Å². The molecule has 29 heavy (non-hydrogen) atoms. The van der Waals surface area contributed by atoms with Gasteiger partial charge in [0, 0.05) is 6.20 Å². The molecule has 138 valence electrons. The average Bonchev–Trinajstić information content (AvgIpc) is 3.17. The summed E-state index contributed by atoms with van der Waals surface area (Å²) in [7, 11) is 0. The van der Waals surface area contributed by atoms with Crippen molar-refractivity contribution in [2.24, 2.45) is 0 Å². The Morgan fingerprint density at radius 1 is 0.655 bits per heavy atom. The van der Waals surface area contributed by atoms with Crippen LogP contribution in [0.5, 0.6) is 0 Å². The Hall–Kier alpha value is -3.98. The van der Waals surface area contributed by atoms with Crippen molar-refractivity contribution in [2.45, 2.75) is 0 Å². The summed E-state index contributed by atoms with van der Waals surface area (Å²) in [6, 6.07) is 35.0. The van der Waals surface area contributed by atoms with Crippen LogP contribution in [0.1, 0.15) is 17.0 Å². The molecule has 0 aliphatic rings. The summed E-state index contributed by atoms with van der Waals surface area (Å²) in [5.74, 6) is 1.71. The van der Waals surface area contributed by atoms with Crippen LogP contribution in [0.4, 0.5) is 0 Å². The van der Waals surface area contributed by atoms with Gasteiger partial charge in [-0.25, -0.2) is 9.97 Å². The number of nitrogens with zero attached hydrogens (tertiary/aromatic N) is 3. The van der Waals surface area contributed by atoms with Crippen LogP contribution in [0.3, 0.4) is 0 Å². The monoisotopic (exact) mass is 373 g/mol. The molecule has 0 saturated heterocycles. The fourth-order valence-corrected chi connectivity index (χ4v) is 3.57. The number of imidazole rings is 1. The lowest BCUT2D eigenvalue weighted by Gasteiger charge is -2.10. The van der Waals surface area contributed by atoms with Gasteiger partial charge in [-0.2, -0.15) is 0 Å². The number of rotatable bonds is 4. The van der Waals surface area contributed by atoms with Crippen molar-refractivity contribution >= 4 is 22.7 Å². The minimum Gasteiger partial charge on any atom is -0.277 e. The first-order valence-electron chi connectivity index (χ1n) is 9.61. The van der Waals surface area contributed by atoms with Gasteiger partial charge in [-0.05, 0) is 47.0 Å². The second kappa shape index (κ2) is 7.56. The predicted octanol–water partition coefficient (Wildman–Crippen LogP) is 6.01. The Morgan fingerprint density at radius 2 is 1.28 bits per heavy atom. The Kier molecular flexibility index (Phi) is 4.47. The zero-order valence-electron chi connectivity index (χ0n) is 15.8. The number of fused-ring (bicyclic) bond motifs is 1. The fourth-order valence-electron chi connectivity index (χ4n) is 3.57. The van der Waals surface area contributed by atoms with Crippen LogP contribution in [0.15, 0.2) is 109 Å². The van der Waals surface area contributed by atoms with Gasteiger partial charge in [-0.3, -0.25) is 4.57 Å². The summed E-state index contributed by atoms with van der Waals surface area (Å²) < 4.78 is 2.11. The molecule has 0 bridgehead atoms. The van der Waals surface area contributed by atoms with Gasteiger partial charge in [0.15, 0.2) is 0 Å². The molecule has 3 heteroatoms. The molecule has 0 saturated carbocycles. The molecule has 0 N–H and O–H groups in total. The summed E-state index contributed by atoms with van der Waals surface area (Å²) >= 11 is 0. The van der Waals surface area contributed by atoms with Crippen LogP contribution in [0.25, 0.3) is 28.5 Å². The highest BCUT2D eigenvalue weighted by atomic mass is 15.1. The third-order valence-corrected chi connectivity index (χ3v) is 4.91. The van der Waals surface area contributed by atoms with Crippen molar-refractivity contribution in [3.63, 3.8) is 0 Å². The lowest BCUT2D eigenvalue weighted by molar-refractivity contribution is 1.00. The molecule has 0 aliphatic carbocycles. The number of para-hydroxylation sites is 2. The van der Waals surface area contributed by atoms with E-state index in [4.69, 9.17) is 4.98 Å². The van der Waals surface area contributed by atoms with Gasteiger partial charge in [-0.15, -0.1) is 0 Å². The lowest BCUT2D eigenvalue weighted by Crippen LogP contribution is -2.00. The van der Waals surface area contributed by atoms with E-state index in [1.54, 1.807) is 0 Å². The van der Waals surface area contributed by atoms with E-state index in [0.29, 0.717) is 0 Å². The van der Waals surface area contributed by atoms with Crippen LogP contribution in [-0.2, 0) is 0 Å². The topological polar surface area (TPSA) is 30.7 Å². The maximum atomic E-state index is 4.93. The molecule has 0 unspecified atom stereocenters. The first-order chi connectivity index (χ1) is 14.4. The average molecular weight is 373 g/mol. The molecule has 2 heterocycles. The molecule has 5 aromatic rings. The molecular formula is C26H19N3. The summed E-state index contributed by atoms with van der Waals surface area (Å²) in [5.41, 5.74) is 5.41. The molecule has 3 aromatic carbocycles. The summed E-state index contributed by atoms with van der Waals surface area (Å²) in [4.78, 5) is 9.50. The first-order valence-corrected chi connectivity index (χ1v) is 9.61. The van der Waals surface area contributed by atoms with Gasteiger partial charge < -0.3 is 0 Å². The number of aromatic nitrogens is 3. The Balaban J connectivity index is 1.79. The Morgan fingerprint density at radius 3 is 1.93 bits per heavy atom. The van der Waals surface area contributed by atoms with E-state index >= 15 is 0 Å². The molecule has 3 nitrogen and oxygen atoms in total.